The molecule has 9 heteroatoms. The third-order valence-electron chi connectivity index (χ3n) is 5.56. The van der Waals surface area contributed by atoms with Gasteiger partial charge in [0.05, 0.1) is 23.1 Å². The molecule has 1 fully saturated rings. The quantitative estimate of drug-likeness (QED) is 0.784. The van der Waals surface area contributed by atoms with Crippen LogP contribution in [0.15, 0.2) is 41.3 Å². The minimum absolute atomic E-state index is 0.0115. The van der Waals surface area contributed by atoms with Crippen LogP contribution in [0.2, 0.25) is 5.02 Å². The number of nitrogens with one attached hydrogen (secondary N) is 1. The fourth-order valence-corrected chi connectivity index (χ4v) is 6.60. The number of aliphatic hydroxyl groups is 1. The van der Waals surface area contributed by atoms with Gasteiger partial charge in [0.2, 0.25) is 0 Å². The van der Waals surface area contributed by atoms with E-state index >= 15 is 0 Å². The lowest BCUT2D eigenvalue weighted by molar-refractivity contribution is 0.112. The number of hydrogen-bond donors (Lipinski definition) is 2. The smallest absolute Gasteiger partial charge is 0.190 e. The second kappa shape index (κ2) is 6.95. The Morgan fingerprint density at radius 2 is 1.86 bits per heavy atom. The highest BCUT2D eigenvalue weighted by molar-refractivity contribution is 7.92. The van der Waals surface area contributed by atoms with Crippen molar-refractivity contribution in [3.63, 3.8) is 0 Å². The van der Waals surface area contributed by atoms with Crippen molar-refractivity contribution in [3.05, 3.63) is 58.6 Å². The number of fused-ring (bicyclic) bond motifs is 3. The second-order valence-corrected chi connectivity index (χ2v) is 9.67. The zero-order valence-electron chi connectivity index (χ0n) is 14.7. The molecule has 1 unspecified atom stereocenters. The van der Waals surface area contributed by atoms with Crippen LogP contribution < -0.4 is 10.1 Å². The fraction of sp³-hybridized carbons (Fsp3) is 0.368. The largest absolute Gasteiger partial charge is 0.488 e. The minimum atomic E-state index is -4.17. The van der Waals surface area contributed by atoms with Crippen LogP contribution in [-0.4, -0.2) is 38.8 Å². The molecule has 0 amide bonds. The molecule has 2 aromatic rings. The first-order valence-corrected chi connectivity index (χ1v) is 10.7. The van der Waals surface area contributed by atoms with E-state index in [0.717, 1.165) is 12.1 Å². The lowest BCUT2D eigenvalue weighted by Gasteiger charge is -2.49. The second-order valence-electron chi connectivity index (χ2n) is 7.03. The van der Waals surface area contributed by atoms with Crippen molar-refractivity contribution < 1.29 is 27.0 Å². The molecule has 3 atom stereocenters. The Bertz CT molecular complexity index is 1020. The molecule has 150 valence electrons. The summed E-state index contributed by atoms with van der Waals surface area (Å²) in [5.74, 6) is -2.04. The van der Waals surface area contributed by atoms with Gasteiger partial charge in [0.1, 0.15) is 17.2 Å². The molecule has 2 heterocycles. The Labute approximate surface area is 166 Å². The molecule has 5 nitrogen and oxygen atoms in total. The Morgan fingerprint density at radius 3 is 2.54 bits per heavy atom. The van der Waals surface area contributed by atoms with Gasteiger partial charge in [0.15, 0.2) is 21.4 Å². The van der Waals surface area contributed by atoms with E-state index in [4.69, 9.17) is 16.3 Å². The van der Waals surface area contributed by atoms with Gasteiger partial charge in [-0.3, -0.25) is 0 Å². The predicted molar refractivity (Wildman–Crippen MR) is 99.2 cm³/mol. The summed E-state index contributed by atoms with van der Waals surface area (Å²) in [7, 11) is -4.17. The maximum atomic E-state index is 14.9. The van der Waals surface area contributed by atoms with Gasteiger partial charge in [-0.25, -0.2) is 17.2 Å². The van der Waals surface area contributed by atoms with E-state index in [9.17, 15) is 22.3 Å². The van der Waals surface area contributed by atoms with E-state index in [1.165, 1.54) is 24.3 Å². The molecule has 2 aliphatic heterocycles. The van der Waals surface area contributed by atoms with Gasteiger partial charge in [-0.15, -0.1) is 0 Å². The van der Waals surface area contributed by atoms with Crippen LogP contribution in [-0.2, 0) is 14.6 Å². The molecule has 1 saturated heterocycles. The van der Waals surface area contributed by atoms with Crippen LogP contribution in [0.4, 0.5) is 8.78 Å². The molecule has 0 aromatic heterocycles. The number of halogens is 3. The van der Waals surface area contributed by atoms with Crippen molar-refractivity contribution in [2.45, 2.75) is 34.6 Å². The maximum Gasteiger partial charge on any atom is 0.190 e. The lowest BCUT2D eigenvalue weighted by Crippen LogP contribution is -2.64. The van der Waals surface area contributed by atoms with Gasteiger partial charge in [0, 0.05) is 11.1 Å². The van der Waals surface area contributed by atoms with Crippen molar-refractivity contribution in [1.29, 1.82) is 0 Å². The molecular weight excluding hydrogens is 412 g/mol. The summed E-state index contributed by atoms with van der Waals surface area (Å²) in [4.78, 5) is -0.0392. The molecule has 2 aliphatic rings. The zero-order valence-corrected chi connectivity index (χ0v) is 16.2. The molecule has 2 N–H and O–H groups in total. The number of hydrogen-bond acceptors (Lipinski definition) is 5. The fourth-order valence-electron chi connectivity index (χ4n) is 4.21. The molecule has 4 rings (SSSR count). The lowest BCUT2D eigenvalue weighted by atomic mass is 9.79. The first-order valence-electron chi connectivity index (χ1n) is 8.79. The van der Waals surface area contributed by atoms with Crippen molar-refractivity contribution >= 4 is 21.4 Å². The Balaban J connectivity index is 1.99. The Morgan fingerprint density at radius 1 is 1.18 bits per heavy atom. The van der Waals surface area contributed by atoms with Gasteiger partial charge < -0.3 is 15.2 Å². The number of piperidine rings is 1. The number of aliphatic hydroxyl groups excluding tert-OH is 1. The monoisotopic (exact) mass is 429 g/mol. The molecule has 28 heavy (non-hydrogen) atoms. The summed E-state index contributed by atoms with van der Waals surface area (Å²) in [6.45, 7) is -0.372. The number of sulfone groups is 1. The van der Waals surface area contributed by atoms with Crippen molar-refractivity contribution in [2.24, 2.45) is 0 Å². The summed E-state index contributed by atoms with van der Waals surface area (Å²) in [5, 5.41) is 12.9. The number of rotatable bonds is 3. The Kier molecular flexibility index (Phi) is 4.86. The molecule has 0 spiro atoms. The van der Waals surface area contributed by atoms with Crippen molar-refractivity contribution in [2.75, 3.05) is 13.2 Å². The summed E-state index contributed by atoms with van der Waals surface area (Å²) < 4.78 is 60.6. The van der Waals surface area contributed by atoms with E-state index in [-0.39, 0.29) is 48.3 Å². The first kappa shape index (κ1) is 19.6. The Hall–Kier alpha value is -1.74. The minimum Gasteiger partial charge on any atom is -0.488 e. The van der Waals surface area contributed by atoms with Crippen molar-refractivity contribution in [1.82, 2.24) is 5.32 Å². The van der Waals surface area contributed by atoms with Gasteiger partial charge in [-0.1, -0.05) is 11.6 Å². The van der Waals surface area contributed by atoms with E-state index in [0.29, 0.717) is 5.02 Å². The maximum absolute atomic E-state index is 14.9. The summed E-state index contributed by atoms with van der Waals surface area (Å²) in [6, 6.07) is 6.20. The predicted octanol–water partition coefficient (Wildman–Crippen LogP) is 2.79. The standard InChI is InChI=1S/C19H18ClF2NO4S/c20-11-1-3-13(4-2-11)28(25,26)19-8-7-12(9-24)23-16(19)10-27-18-15(22)6-5-14(21)17(18)19/h1-6,12,16,23-24H,7-10H2/t12-,16+,19?/m0/s1. The third kappa shape index (κ3) is 2.74. The molecule has 2 aromatic carbocycles. The van der Waals surface area contributed by atoms with E-state index < -0.39 is 32.3 Å². The average molecular weight is 430 g/mol. The van der Waals surface area contributed by atoms with Crippen LogP contribution in [0.5, 0.6) is 5.75 Å². The SMILES string of the molecule is O=S(=O)(c1ccc(Cl)cc1)C12CC[C@@H](CO)N[C@@H]1COc1c(F)ccc(F)c12. The zero-order chi connectivity index (χ0) is 20.1. The normalized spacial score (nSPS) is 26.9. The van der Waals surface area contributed by atoms with Gasteiger partial charge in [-0.05, 0) is 49.2 Å². The molecule has 0 bridgehead atoms. The summed E-state index contributed by atoms with van der Waals surface area (Å²) in [5.41, 5.74) is -0.303. The topological polar surface area (TPSA) is 75.6 Å². The molecular formula is C19H18ClF2NO4S. The summed E-state index contributed by atoms with van der Waals surface area (Å²) in [6.07, 6.45) is 0.285. The summed E-state index contributed by atoms with van der Waals surface area (Å²) >= 11 is 5.88. The van der Waals surface area contributed by atoms with Crippen LogP contribution in [0, 0.1) is 11.6 Å². The average Bonchev–Trinajstić information content (AvgIpc) is 2.69. The first-order chi connectivity index (χ1) is 13.3. The van der Waals surface area contributed by atoms with E-state index in [1.54, 1.807) is 0 Å². The van der Waals surface area contributed by atoms with E-state index in [2.05, 4.69) is 5.32 Å². The third-order valence-corrected chi connectivity index (χ3v) is 8.36. The number of benzene rings is 2. The molecule has 0 aliphatic carbocycles. The van der Waals surface area contributed by atoms with Gasteiger partial charge in [0.25, 0.3) is 0 Å². The van der Waals surface area contributed by atoms with Crippen LogP contribution in [0.1, 0.15) is 18.4 Å². The highest BCUT2D eigenvalue weighted by atomic mass is 35.5. The molecule has 0 radical (unpaired) electrons. The van der Waals surface area contributed by atoms with Crippen LogP contribution >= 0.6 is 11.6 Å². The van der Waals surface area contributed by atoms with Crippen LogP contribution in [0.3, 0.4) is 0 Å². The highest BCUT2D eigenvalue weighted by Crippen LogP contribution is 2.52. The van der Waals surface area contributed by atoms with Crippen LogP contribution in [0.25, 0.3) is 0 Å². The van der Waals surface area contributed by atoms with Gasteiger partial charge in [-0.2, -0.15) is 0 Å². The van der Waals surface area contributed by atoms with Gasteiger partial charge >= 0.3 is 0 Å². The highest BCUT2D eigenvalue weighted by Gasteiger charge is 2.59. The van der Waals surface area contributed by atoms with E-state index in [1.807, 2.05) is 0 Å². The van der Waals surface area contributed by atoms with Crippen molar-refractivity contribution in [3.8, 4) is 5.75 Å². The number of ether oxygens (including phenoxy) is 1. The molecule has 0 saturated carbocycles.